The zero-order valence-corrected chi connectivity index (χ0v) is 17.7. The Balaban J connectivity index is 1.89. The first kappa shape index (κ1) is 20.5. The summed E-state index contributed by atoms with van der Waals surface area (Å²) < 4.78 is 13.3. The second-order valence-corrected chi connectivity index (χ2v) is 7.91. The van der Waals surface area contributed by atoms with Gasteiger partial charge in [-0.2, -0.15) is 5.10 Å². The predicted molar refractivity (Wildman–Crippen MR) is 113 cm³/mol. The Labute approximate surface area is 180 Å². The van der Waals surface area contributed by atoms with Crippen molar-refractivity contribution >= 4 is 34.1 Å². The second-order valence-electron chi connectivity index (χ2n) is 6.97. The molecule has 1 atom stereocenters. The van der Waals surface area contributed by atoms with Crippen LogP contribution < -0.4 is 16.2 Å². The molecule has 160 valence electrons. The van der Waals surface area contributed by atoms with Crippen LogP contribution in [0.25, 0.3) is 11.0 Å². The number of aryl methyl sites for hydroxylation is 2. The van der Waals surface area contributed by atoms with Crippen LogP contribution in [0.1, 0.15) is 38.2 Å². The van der Waals surface area contributed by atoms with E-state index >= 15 is 0 Å². The van der Waals surface area contributed by atoms with Crippen molar-refractivity contribution in [2.45, 2.75) is 32.9 Å². The molecule has 31 heavy (non-hydrogen) atoms. The van der Waals surface area contributed by atoms with E-state index in [1.54, 1.807) is 24.6 Å². The van der Waals surface area contributed by atoms with Crippen molar-refractivity contribution in [1.29, 1.82) is 0 Å². The molecule has 0 saturated carbocycles. The van der Waals surface area contributed by atoms with E-state index in [1.807, 2.05) is 6.92 Å². The number of primary amides is 2. The van der Waals surface area contributed by atoms with Crippen LogP contribution in [-0.4, -0.2) is 31.6 Å². The lowest BCUT2D eigenvalue weighted by molar-refractivity contribution is -0.119. The Hall–Kier alpha value is -3.73. The Morgan fingerprint density at radius 2 is 2.10 bits per heavy atom. The van der Waals surface area contributed by atoms with Gasteiger partial charge in [0.15, 0.2) is 0 Å². The molecule has 0 aliphatic carbocycles. The number of hydrogen-bond donors (Lipinski definition) is 2. The highest BCUT2D eigenvalue weighted by Crippen LogP contribution is 2.39. The highest BCUT2D eigenvalue weighted by Gasteiger charge is 2.30. The summed E-state index contributed by atoms with van der Waals surface area (Å²) in [6.07, 6.45) is 2.84. The van der Waals surface area contributed by atoms with E-state index in [0.717, 1.165) is 10.6 Å². The quantitative estimate of drug-likeness (QED) is 0.425. The average Bonchev–Trinajstić information content (AvgIpc) is 3.44. The molecular formula is C20H20N6O4S. The summed E-state index contributed by atoms with van der Waals surface area (Å²) in [6, 6.07) is 3.37. The van der Waals surface area contributed by atoms with Crippen LogP contribution in [0.2, 0.25) is 0 Å². The highest BCUT2D eigenvalue weighted by atomic mass is 32.1. The number of amides is 2. The van der Waals surface area contributed by atoms with Crippen LogP contribution in [0, 0.1) is 13.8 Å². The highest BCUT2D eigenvalue weighted by molar-refractivity contribution is 7.09. The third kappa shape index (κ3) is 3.87. The van der Waals surface area contributed by atoms with E-state index in [2.05, 4.69) is 15.1 Å². The normalized spacial score (nSPS) is 12.2. The van der Waals surface area contributed by atoms with Gasteiger partial charge in [-0.3, -0.25) is 14.3 Å². The van der Waals surface area contributed by atoms with E-state index < -0.39 is 17.7 Å². The molecule has 0 bridgehead atoms. The summed E-state index contributed by atoms with van der Waals surface area (Å²) in [7, 11) is 0. The van der Waals surface area contributed by atoms with Gasteiger partial charge < -0.3 is 20.6 Å². The number of aromatic nitrogens is 4. The van der Waals surface area contributed by atoms with Gasteiger partial charge in [-0.25, -0.2) is 9.97 Å². The summed E-state index contributed by atoms with van der Waals surface area (Å²) in [5.74, 6) is -1.42. The largest absolute Gasteiger partial charge is 0.488 e. The van der Waals surface area contributed by atoms with Gasteiger partial charge in [-0.1, -0.05) is 0 Å². The number of fused-ring (bicyclic) bond motifs is 1. The van der Waals surface area contributed by atoms with Gasteiger partial charge in [0, 0.05) is 10.9 Å². The molecule has 4 N–H and O–H groups in total. The molecule has 4 rings (SSSR count). The molecule has 1 unspecified atom stereocenters. The smallest absolute Gasteiger partial charge is 0.252 e. The number of ether oxygens (including phenoxy) is 1. The van der Waals surface area contributed by atoms with Crippen molar-refractivity contribution < 1.29 is 18.7 Å². The van der Waals surface area contributed by atoms with E-state index in [0.29, 0.717) is 28.0 Å². The van der Waals surface area contributed by atoms with Crippen molar-refractivity contribution in [2.24, 2.45) is 11.5 Å². The van der Waals surface area contributed by atoms with Gasteiger partial charge in [-0.15, -0.1) is 11.3 Å². The number of thiazole rings is 1. The van der Waals surface area contributed by atoms with Crippen LogP contribution >= 0.6 is 11.3 Å². The van der Waals surface area contributed by atoms with E-state index in [-0.39, 0.29) is 18.7 Å². The van der Waals surface area contributed by atoms with E-state index in [9.17, 15) is 9.59 Å². The summed E-state index contributed by atoms with van der Waals surface area (Å²) in [5, 5.41) is 4.48. The molecule has 1 aromatic carbocycles. The van der Waals surface area contributed by atoms with Crippen molar-refractivity contribution in [1.82, 2.24) is 19.7 Å². The minimum absolute atomic E-state index is 0.104. The van der Waals surface area contributed by atoms with Crippen LogP contribution in [0.3, 0.4) is 0 Å². The number of benzene rings is 1. The fourth-order valence-corrected chi connectivity index (χ4v) is 4.22. The maximum Gasteiger partial charge on any atom is 0.252 e. The number of hydrogen-bond acceptors (Lipinski definition) is 8. The van der Waals surface area contributed by atoms with Crippen molar-refractivity contribution in [3.63, 3.8) is 0 Å². The number of nitrogens with zero attached hydrogens (tertiary/aromatic N) is 4. The van der Waals surface area contributed by atoms with E-state index in [1.165, 1.54) is 28.7 Å². The Kier molecular flexibility index (Phi) is 5.42. The molecule has 3 aromatic heterocycles. The van der Waals surface area contributed by atoms with Crippen LogP contribution in [0.15, 0.2) is 34.7 Å². The monoisotopic (exact) mass is 440 g/mol. The van der Waals surface area contributed by atoms with Gasteiger partial charge in [0.2, 0.25) is 5.91 Å². The van der Waals surface area contributed by atoms with E-state index in [4.69, 9.17) is 20.6 Å². The zero-order chi connectivity index (χ0) is 22.1. The maximum atomic E-state index is 12.5. The first-order chi connectivity index (χ1) is 14.9. The number of carbonyl (C=O) groups excluding carboxylic acids is 2. The molecule has 2 amide bonds. The van der Waals surface area contributed by atoms with Gasteiger partial charge in [0.05, 0.1) is 34.1 Å². The summed E-state index contributed by atoms with van der Waals surface area (Å²) in [5.41, 5.74) is 15.0. The lowest BCUT2D eigenvalue weighted by atomic mass is 9.91. The molecule has 4 aromatic rings. The Bertz CT molecular complexity index is 1260. The second kappa shape index (κ2) is 8.19. The topological polar surface area (TPSA) is 152 Å². The first-order valence-corrected chi connectivity index (χ1v) is 10.2. The first-order valence-electron chi connectivity index (χ1n) is 9.36. The molecule has 0 radical (unpaired) electrons. The summed E-state index contributed by atoms with van der Waals surface area (Å²) >= 11 is 1.47. The average molecular weight is 440 g/mol. The van der Waals surface area contributed by atoms with Crippen molar-refractivity contribution in [3.05, 3.63) is 57.8 Å². The molecule has 0 aliphatic heterocycles. The zero-order valence-electron chi connectivity index (χ0n) is 16.9. The van der Waals surface area contributed by atoms with Crippen molar-refractivity contribution in [3.8, 4) is 5.75 Å². The van der Waals surface area contributed by atoms with Crippen molar-refractivity contribution in [2.75, 3.05) is 0 Å². The van der Waals surface area contributed by atoms with Crippen LogP contribution in [0.5, 0.6) is 5.75 Å². The van der Waals surface area contributed by atoms with Gasteiger partial charge in [-0.05, 0) is 26.0 Å². The maximum absolute atomic E-state index is 12.5. The van der Waals surface area contributed by atoms with Gasteiger partial charge in [0.25, 0.3) is 5.91 Å². The lowest BCUT2D eigenvalue weighted by Crippen LogP contribution is -2.27. The number of carbonyl (C=O) groups is 2. The Morgan fingerprint density at radius 3 is 2.71 bits per heavy atom. The standard InChI is InChI=1S/C20H20N6O4S/c1-10-15(31-9-24-10)6-29-13-3-4-14-18(16(20(22)28)11(2)30-14)17(13)12(19(21)27)5-26-8-23-7-25-26/h3-4,7-9,12H,5-6H2,1-2H3,(H2,21,27)(H2,22,28). The third-order valence-electron chi connectivity index (χ3n) is 5.01. The molecule has 3 heterocycles. The minimum Gasteiger partial charge on any atom is -0.488 e. The van der Waals surface area contributed by atoms with Crippen LogP contribution in [0.4, 0.5) is 0 Å². The fourth-order valence-electron chi connectivity index (χ4n) is 3.53. The number of nitrogens with two attached hydrogens (primary N) is 2. The Morgan fingerprint density at radius 1 is 1.29 bits per heavy atom. The molecule has 0 saturated heterocycles. The van der Waals surface area contributed by atoms with Crippen LogP contribution in [-0.2, 0) is 17.9 Å². The molecule has 11 heteroatoms. The molecule has 10 nitrogen and oxygen atoms in total. The summed E-state index contributed by atoms with van der Waals surface area (Å²) in [6.45, 7) is 3.88. The number of rotatable bonds is 8. The molecule has 0 fully saturated rings. The summed E-state index contributed by atoms with van der Waals surface area (Å²) in [4.78, 5) is 33.9. The molecular weight excluding hydrogens is 420 g/mol. The van der Waals surface area contributed by atoms with Gasteiger partial charge in [0.1, 0.15) is 36.4 Å². The lowest BCUT2D eigenvalue weighted by Gasteiger charge is -2.19. The predicted octanol–water partition coefficient (Wildman–Crippen LogP) is 2.04. The minimum atomic E-state index is -0.877. The number of furan rings is 1. The van der Waals surface area contributed by atoms with Gasteiger partial charge >= 0.3 is 0 Å². The third-order valence-corrected chi connectivity index (χ3v) is 5.92. The fraction of sp³-hybridized carbons (Fsp3) is 0.250. The SMILES string of the molecule is Cc1ncsc1COc1ccc2oc(C)c(C(N)=O)c2c1C(Cn1cncn1)C(N)=O. The molecule has 0 aliphatic rings. The molecule has 0 spiro atoms.